The van der Waals surface area contributed by atoms with Gasteiger partial charge in [-0.05, 0) is 25.2 Å². The highest BCUT2D eigenvalue weighted by Crippen LogP contribution is 2.37. The van der Waals surface area contributed by atoms with E-state index in [0.29, 0.717) is 31.9 Å². The molecule has 0 aliphatic heterocycles. The lowest BCUT2D eigenvalue weighted by molar-refractivity contribution is -0.148. The van der Waals surface area contributed by atoms with Gasteiger partial charge in [0.1, 0.15) is 0 Å². The van der Waals surface area contributed by atoms with E-state index >= 15 is 0 Å². The zero-order valence-electron chi connectivity index (χ0n) is 11.4. The van der Waals surface area contributed by atoms with Gasteiger partial charge in [-0.15, -0.1) is 0 Å². The van der Waals surface area contributed by atoms with Gasteiger partial charge in [-0.2, -0.15) is 0 Å². The molecular formula is C13H23NO4. The average Bonchev–Trinajstić information content (AvgIpc) is 2.70. The summed E-state index contributed by atoms with van der Waals surface area (Å²) >= 11 is 0. The van der Waals surface area contributed by atoms with Gasteiger partial charge in [-0.3, -0.25) is 9.59 Å². The standard InChI is InChI=1S/C13H23NO4/c1-9-7-10(11(8-9)13(16)17)12(15)14(2)5-4-6-18-3/h9-11H,4-8H2,1-3H3,(H,16,17)/t9?,10-,11+/m0/s1. The van der Waals surface area contributed by atoms with E-state index in [-0.39, 0.29) is 11.8 Å². The normalized spacial score (nSPS) is 27.2. The molecule has 0 saturated heterocycles. The zero-order valence-corrected chi connectivity index (χ0v) is 11.4. The highest BCUT2D eigenvalue weighted by molar-refractivity contribution is 5.85. The van der Waals surface area contributed by atoms with E-state index in [1.54, 1.807) is 19.1 Å². The van der Waals surface area contributed by atoms with Crippen LogP contribution in [0, 0.1) is 17.8 Å². The van der Waals surface area contributed by atoms with Gasteiger partial charge in [0, 0.05) is 27.3 Å². The molecule has 0 spiro atoms. The Morgan fingerprint density at radius 1 is 1.33 bits per heavy atom. The van der Waals surface area contributed by atoms with Crippen molar-refractivity contribution < 1.29 is 19.4 Å². The van der Waals surface area contributed by atoms with Gasteiger partial charge in [-0.25, -0.2) is 0 Å². The molecule has 1 N–H and O–H groups in total. The van der Waals surface area contributed by atoms with Gasteiger partial charge in [0.2, 0.25) is 5.91 Å². The van der Waals surface area contributed by atoms with Crippen molar-refractivity contribution >= 4 is 11.9 Å². The third-order valence-corrected chi connectivity index (χ3v) is 3.65. The summed E-state index contributed by atoms with van der Waals surface area (Å²) in [4.78, 5) is 25.0. The van der Waals surface area contributed by atoms with Gasteiger partial charge in [0.15, 0.2) is 0 Å². The lowest BCUT2D eigenvalue weighted by Gasteiger charge is -2.23. The summed E-state index contributed by atoms with van der Waals surface area (Å²) in [6.07, 6.45) is 2.07. The quantitative estimate of drug-likeness (QED) is 0.727. The minimum absolute atomic E-state index is 0.0390. The Bertz CT molecular complexity index is 305. The summed E-state index contributed by atoms with van der Waals surface area (Å²) in [6, 6.07) is 0. The van der Waals surface area contributed by atoms with Crippen molar-refractivity contribution in [2.24, 2.45) is 17.8 Å². The number of carboxylic acids is 1. The number of rotatable bonds is 6. The van der Waals surface area contributed by atoms with E-state index in [4.69, 9.17) is 9.84 Å². The lowest BCUT2D eigenvalue weighted by atomic mass is 9.95. The fourth-order valence-electron chi connectivity index (χ4n) is 2.68. The number of carbonyl (C=O) groups excluding carboxylic acids is 1. The van der Waals surface area contributed by atoms with Crippen LogP contribution in [-0.4, -0.2) is 49.2 Å². The monoisotopic (exact) mass is 257 g/mol. The van der Waals surface area contributed by atoms with Crippen LogP contribution in [0.2, 0.25) is 0 Å². The predicted molar refractivity (Wildman–Crippen MR) is 67.1 cm³/mol. The number of carboxylic acid groups (broad SMARTS) is 1. The molecule has 1 unspecified atom stereocenters. The Morgan fingerprint density at radius 3 is 2.50 bits per heavy atom. The van der Waals surface area contributed by atoms with E-state index in [9.17, 15) is 9.59 Å². The van der Waals surface area contributed by atoms with Crippen LogP contribution < -0.4 is 0 Å². The van der Waals surface area contributed by atoms with Crippen LogP contribution in [0.4, 0.5) is 0 Å². The van der Waals surface area contributed by atoms with E-state index < -0.39 is 11.9 Å². The molecule has 1 aliphatic rings. The highest BCUT2D eigenvalue weighted by atomic mass is 16.5. The van der Waals surface area contributed by atoms with Crippen molar-refractivity contribution in [1.29, 1.82) is 0 Å². The van der Waals surface area contributed by atoms with E-state index in [1.165, 1.54) is 0 Å². The molecule has 1 amide bonds. The number of methoxy groups -OCH3 is 1. The molecule has 0 aromatic heterocycles. The van der Waals surface area contributed by atoms with Crippen LogP contribution >= 0.6 is 0 Å². The fraction of sp³-hybridized carbons (Fsp3) is 0.846. The molecule has 0 heterocycles. The molecule has 1 saturated carbocycles. The van der Waals surface area contributed by atoms with Crippen LogP contribution in [-0.2, 0) is 14.3 Å². The zero-order chi connectivity index (χ0) is 13.7. The molecule has 0 bridgehead atoms. The summed E-state index contributed by atoms with van der Waals surface area (Å²) in [6.45, 7) is 3.24. The Kier molecular flexibility index (Phi) is 5.59. The van der Waals surface area contributed by atoms with Crippen LogP contribution in [0.25, 0.3) is 0 Å². The first-order chi connectivity index (χ1) is 8.47. The lowest BCUT2D eigenvalue weighted by Crippen LogP contribution is -2.37. The van der Waals surface area contributed by atoms with Crippen molar-refractivity contribution in [3.63, 3.8) is 0 Å². The molecule has 1 fully saturated rings. The largest absolute Gasteiger partial charge is 0.481 e. The van der Waals surface area contributed by atoms with Crippen molar-refractivity contribution in [1.82, 2.24) is 4.90 Å². The number of ether oxygens (including phenoxy) is 1. The van der Waals surface area contributed by atoms with Gasteiger partial charge in [-0.1, -0.05) is 6.92 Å². The summed E-state index contributed by atoms with van der Waals surface area (Å²) in [5.41, 5.74) is 0. The summed E-state index contributed by atoms with van der Waals surface area (Å²) < 4.78 is 4.94. The molecule has 1 rings (SSSR count). The van der Waals surface area contributed by atoms with Crippen LogP contribution in [0.5, 0.6) is 0 Å². The fourth-order valence-corrected chi connectivity index (χ4v) is 2.68. The molecule has 5 nitrogen and oxygen atoms in total. The molecule has 1 aliphatic carbocycles. The Labute approximate surface area is 108 Å². The predicted octanol–water partition coefficient (Wildman–Crippen LogP) is 1.23. The third kappa shape index (κ3) is 3.70. The molecule has 0 aromatic rings. The molecule has 5 heteroatoms. The maximum Gasteiger partial charge on any atom is 0.307 e. The first kappa shape index (κ1) is 15.0. The number of nitrogens with zero attached hydrogens (tertiary/aromatic N) is 1. The molecule has 0 aromatic carbocycles. The van der Waals surface area contributed by atoms with E-state index in [0.717, 1.165) is 6.42 Å². The number of hydrogen-bond acceptors (Lipinski definition) is 3. The Morgan fingerprint density at radius 2 is 1.94 bits per heavy atom. The van der Waals surface area contributed by atoms with Crippen molar-refractivity contribution in [3.8, 4) is 0 Å². The summed E-state index contributed by atoms with van der Waals surface area (Å²) in [5, 5.41) is 9.16. The van der Waals surface area contributed by atoms with Crippen molar-refractivity contribution in [2.75, 3.05) is 27.3 Å². The summed E-state index contributed by atoms with van der Waals surface area (Å²) in [7, 11) is 3.36. The van der Waals surface area contributed by atoms with Crippen LogP contribution in [0.1, 0.15) is 26.2 Å². The van der Waals surface area contributed by atoms with E-state index in [2.05, 4.69) is 0 Å². The molecule has 3 atom stereocenters. The third-order valence-electron chi connectivity index (χ3n) is 3.65. The maximum atomic E-state index is 12.2. The first-order valence-electron chi connectivity index (χ1n) is 6.44. The van der Waals surface area contributed by atoms with Gasteiger partial charge >= 0.3 is 5.97 Å². The van der Waals surface area contributed by atoms with Gasteiger partial charge < -0.3 is 14.7 Å². The number of amides is 1. The van der Waals surface area contributed by atoms with Gasteiger partial charge in [0.25, 0.3) is 0 Å². The van der Waals surface area contributed by atoms with E-state index in [1.807, 2.05) is 6.92 Å². The molecular weight excluding hydrogens is 234 g/mol. The topological polar surface area (TPSA) is 66.8 Å². The minimum atomic E-state index is -0.844. The highest BCUT2D eigenvalue weighted by Gasteiger charge is 2.42. The van der Waals surface area contributed by atoms with Crippen molar-refractivity contribution in [3.05, 3.63) is 0 Å². The number of carbonyl (C=O) groups is 2. The van der Waals surface area contributed by atoms with Crippen LogP contribution in [0.3, 0.4) is 0 Å². The molecule has 0 radical (unpaired) electrons. The summed E-state index contributed by atoms with van der Waals surface area (Å²) in [5.74, 6) is -1.44. The number of hydrogen-bond donors (Lipinski definition) is 1. The first-order valence-corrected chi connectivity index (χ1v) is 6.44. The smallest absolute Gasteiger partial charge is 0.307 e. The van der Waals surface area contributed by atoms with Crippen molar-refractivity contribution in [2.45, 2.75) is 26.2 Å². The SMILES string of the molecule is COCCCN(C)C(=O)[C@H]1CC(C)C[C@H]1C(=O)O. The second kappa shape index (κ2) is 6.73. The van der Waals surface area contributed by atoms with Crippen LogP contribution in [0.15, 0.2) is 0 Å². The Balaban J connectivity index is 2.56. The number of aliphatic carboxylic acids is 1. The van der Waals surface area contributed by atoms with Gasteiger partial charge in [0.05, 0.1) is 11.8 Å². The Hall–Kier alpha value is -1.10. The minimum Gasteiger partial charge on any atom is -0.481 e. The average molecular weight is 257 g/mol. The molecule has 18 heavy (non-hydrogen) atoms. The molecule has 104 valence electrons. The maximum absolute atomic E-state index is 12.2. The second-order valence-corrected chi connectivity index (χ2v) is 5.23. The second-order valence-electron chi connectivity index (χ2n) is 5.23.